The molecular formula is C21H24Cl2N4O. The van der Waals surface area contributed by atoms with E-state index < -0.39 is 0 Å². The van der Waals surface area contributed by atoms with E-state index in [4.69, 9.17) is 9.84 Å². The third-order valence-corrected chi connectivity index (χ3v) is 5.28. The van der Waals surface area contributed by atoms with Crippen LogP contribution < -0.4 is 0 Å². The molecule has 1 fully saturated rings. The van der Waals surface area contributed by atoms with E-state index in [1.807, 2.05) is 0 Å². The van der Waals surface area contributed by atoms with E-state index in [1.165, 1.54) is 22.3 Å². The van der Waals surface area contributed by atoms with Crippen LogP contribution in [0.2, 0.25) is 0 Å². The Hall–Kier alpha value is -2.05. The van der Waals surface area contributed by atoms with Gasteiger partial charge < -0.3 is 9.30 Å². The van der Waals surface area contributed by atoms with Gasteiger partial charge in [0.15, 0.2) is 0 Å². The maximum Gasteiger partial charge on any atom is 0.141 e. The summed E-state index contributed by atoms with van der Waals surface area (Å²) in [5, 5.41) is 5.04. The van der Waals surface area contributed by atoms with E-state index >= 15 is 0 Å². The largest absolute Gasteiger partial charge is 0.379 e. The fourth-order valence-electron chi connectivity index (χ4n) is 3.95. The number of para-hydroxylation sites is 2. The number of hydrogen-bond acceptors (Lipinski definition) is 3. The lowest BCUT2D eigenvalue weighted by atomic mass is 10.1. The highest BCUT2D eigenvalue weighted by atomic mass is 35.5. The summed E-state index contributed by atoms with van der Waals surface area (Å²) in [5.41, 5.74) is 7.07. The molecule has 0 unspecified atom stereocenters. The lowest BCUT2D eigenvalue weighted by Crippen LogP contribution is -2.35. The molecule has 0 aliphatic carbocycles. The Morgan fingerprint density at radius 3 is 2.25 bits per heavy atom. The number of nitrogens with zero attached hydrogens (tertiary/aromatic N) is 4. The minimum absolute atomic E-state index is 0. The van der Waals surface area contributed by atoms with Gasteiger partial charge in [-0.3, -0.25) is 4.90 Å². The average molecular weight is 419 g/mol. The van der Waals surface area contributed by atoms with E-state index in [-0.39, 0.29) is 24.8 Å². The fourth-order valence-corrected chi connectivity index (χ4v) is 3.95. The van der Waals surface area contributed by atoms with Gasteiger partial charge in [-0.1, -0.05) is 42.5 Å². The summed E-state index contributed by atoms with van der Waals surface area (Å²) >= 11 is 0. The Bertz CT molecular complexity index is 1070. The van der Waals surface area contributed by atoms with Gasteiger partial charge >= 0.3 is 0 Å². The van der Waals surface area contributed by atoms with Crippen molar-refractivity contribution in [1.82, 2.24) is 19.1 Å². The number of halogens is 2. The van der Waals surface area contributed by atoms with Gasteiger partial charge in [0.1, 0.15) is 5.65 Å². The van der Waals surface area contributed by atoms with E-state index in [0.717, 1.165) is 44.1 Å². The van der Waals surface area contributed by atoms with Crippen molar-refractivity contribution in [3.63, 3.8) is 0 Å². The summed E-state index contributed by atoms with van der Waals surface area (Å²) in [6, 6.07) is 19.0. The Kier molecular flexibility index (Phi) is 6.30. The number of fused-ring (bicyclic) bond motifs is 3. The number of imidazole rings is 1. The fraction of sp³-hybridized carbons (Fsp3) is 0.286. The van der Waals surface area contributed by atoms with Crippen LogP contribution in [0.1, 0.15) is 5.56 Å². The number of aryl methyl sites for hydroxylation is 1. The van der Waals surface area contributed by atoms with Crippen LogP contribution in [-0.2, 0) is 18.3 Å². The van der Waals surface area contributed by atoms with Gasteiger partial charge in [0.05, 0.1) is 29.9 Å². The van der Waals surface area contributed by atoms with E-state index in [0.29, 0.717) is 0 Å². The molecule has 4 aromatic rings. The molecule has 0 amide bonds. The monoisotopic (exact) mass is 418 g/mol. The second-order valence-corrected chi connectivity index (χ2v) is 6.86. The summed E-state index contributed by atoms with van der Waals surface area (Å²) < 4.78 is 9.90. The highest BCUT2D eigenvalue weighted by Gasteiger charge is 2.22. The van der Waals surface area contributed by atoms with Gasteiger partial charge in [-0.15, -0.1) is 24.8 Å². The summed E-state index contributed by atoms with van der Waals surface area (Å²) in [6.07, 6.45) is 0. The molecule has 0 spiro atoms. The van der Waals surface area contributed by atoms with Gasteiger partial charge in [-0.25, -0.2) is 4.52 Å². The van der Waals surface area contributed by atoms with E-state index in [9.17, 15) is 0 Å². The van der Waals surface area contributed by atoms with Crippen molar-refractivity contribution in [3.8, 4) is 11.3 Å². The topological polar surface area (TPSA) is 34.7 Å². The molecule has 0 atom stereocenters. The van der Waals surface area contributed by atoms with Crippen LogP contribution in [0, 0.1) is 0 Å². The Balaban J connectivity index is 0.00000112. The van der Waals surface area contributed by atoms with Crippen molar-refractivity contribution in [2.45, 2.75) is 6.54 Å². The van der Waals surface area contributed by atoms with E-state index in [2.05, 4.69) is 75.6 Å². The smallest absolute Gasteiger partial charge is 0.141 e. The maximum atomic E-state index is 5.53. The highest BCUT2D eigenvalue weighted by Crippen LogP contribution is 2.31. The van der Waals surface area contributed by atoms with Crippen LogP contribution in [-0.4, -0.2) is 45.4 Å². The van der Waals surface area contributed by atoms with Gasteiger partial charge in [-0.05, 0) is 12.1 Å². The number of rotatable bonds is 3. The number of morpholine rings is 1. The lowest BCUT2D eigenvalue weighted by molar-refractivity contribution is 0.0344. The van der Waals surface area contributed by atoms with Crippen LogP contribution in [0.25, 0.3) is 27.9 Å². The molecular weight excluding hydrogens is 395 g/mol. The first-order chi connectivity index (χ1) is 12.8. The lowest BCUT2D eigenvalue weighted by Gasteiger charge is -2.26. The summed E-state index contributed by atoms with van der Waals surface area (Å²) in [7, 11) is 2.14. The zero-order chi connectivity index (χ0) is 17.5. The number of ether oxygens (including phenoxy) is 1. The normalized spacial score (nSPS) is 14.8. The third kappa shape index (κ3) is 3.40. The molecule has 7 heteroatoms. The standard InChI is InChI=1S/C21H22N4O.2ClH/c1-23-18-9-5-6-10-19(18)25-21(23)17(15-24-11-13-26-14-12-24)20(22-25)16-7-3-2-4-8-16;;/h2-10H,11-15H2,1H3;2*1H. The van der Waals surface area contributed by atoms with E-state index in [1.54, 1.807) is 0 Å². The molecule has 2 aromatic heterocycles. The predicted octanol–water partition coefficient (Wildman–Crippen LogP) is 4.17. The van der Waals surface area contributed by atoms with Crippen molar-refractivity contribution in [2.75, 3.05) is 26.3 Å². The molecule has 0 radical (unpaired) electrons. The molecule has 1 aliphatic heterocycles. The van der Waals surface area contributed by atoms with Crippen LogP contribution in [0.4, 0.5) is 0 Å². The maximum absolute atomic E-state index is 5.53. The molecule has 5 rings (SSSR count). The van der Waals surface area contributed by atoms with Gasteiger partial charge in [-0.2, -0.15) is 5.10 Å². The minimum Gasteiger partial charge on any atom is -0.379 e. The van der Waals surface area contributed by atoms with Crippen molar-refractivity contribution >= 4 is 41.5 Å². The first-order valence-corrected chi connectivity index (χ1v) is 9.13. The van der Waals surface area contributed by atoms with Gasteiger partial charge in [0.25, 0.3) is 0 Å². The third-order valence-electron chi connectivity index (χ3n) is 5.28. The van der Waals surface area contributed by atoms with Crippen LogP contribution in [0.15, 0.2) is 54.6 Å². The molecule has 3 heterocycles. The van der Waals surface area contributed by atoms with Crippen LogP contribution in [0.3, 0.4) is 0 Å². The average Bonchev–Trinajstić information content (AvgIpc) is 3.20. The predicted molar refractivity (Wildman–Crippen MR) is 118 cm³/mol. The number of aromatic nitrogens is 3. The molecule has 0 bridgehead atoms. The van der Waals surface area contributed by atoms with Crippen molar-refractivity contribution < 1.29 is 4.74 Å². The molecule has 1 saturated heterocycles. The number of benzene rings is 2. The quantitative estimate of drug-likeness (QED) is 0.500. The Morgan fingerprint density at radius 2 is 1.54 bits per heavy atom. The SMILES string of the molecule is Cl.Cl.Cn1c2ccccc2n2nc(-c3ccccc3)c(CN3CCOCC3)c12. The molecule has 148 valence electrons. The Morgan fingerprint density at radius 1 is 0.893 bits per heavy atom. The molecule has 1 aliphatic rings. The molecule has 28 heavy (non-hydrogen) atoms. The molecule has 0 saturated carbocycles. The molecule has 2 aromatic carbocycles. The first kappa shape index (κ1) is 20.7. The summed E-state index contributed by atoms with van der Waals surface area (Å²) in [5.74, 6) is 0. The number of hydrogen-bond donors (Lipinski definition) is 0. The Labute approximate surface area is 176 Å². The van der Waals surface area contributed by atoms with Crippen molar-refractivity contribution in [3.05, 3.63) is 60.2 Å². The minimum atomic E-state index is 0. The van der Waals surface area contributed by atoms with Crippen molar-refractivity contribution in [2.24, 2.45) is 7.05 Å². The highest BCUT2D eigenvalue weighted by molar-refractivity contribution is 5.86. The first-order valence-electron chi connectivity index (χ1n) is 9.13. The van der Waals surface area contributed by atoms with Gasteiger partial charge in [0, 0.05) is 37.8 Å². The zero-order valence-electron chi connectivity index (χ0n) is 15.7. The van der Waals surface area contributed by atoms with Crippen molar-refractivity contribution in [1.29, 1.82) is 0 Å². The summed E-state index contributed by atoms with van der Waals surface area (Å²) in [6.45, 7) is 4.44. The molecule has 0 N–H and O–H groups in total. The van der Waals surface area contributed by atoms with Crippen LogP contribution in [0.5, 0.6) is 0 Å². The zero-order valence-corrected chi connectivity index (χ0v) is 17.4. The van der Waals surface area contributed by atoms with Gasteiger partial charge in [0.2, 0.25) is 0 Å². The second-order valence-electron chi connectivity index (χ2n) is 6.86. The second kappa shape index (κ2) is 8.53. The van der Waals surface area contributed by atoms with Crippen LogP contribution >= 0.6 is 24.8 Å². The summed E-state index contributed by atoms with van der Waals surface area (Å²) in [4.78, 5) is 2.46. The molecule has 5 nitrogen and oxygen atoms in total.